The first-order valence-electron chi connectivity index (χ1n) is 9.57. The van der Waals surface area contributed by atoms with Gasteiger partial charge in [0.1, 0.15) is 23.7 Å². The third-order valence-electron chi connectivity index (χ3n) is 4.97. The van der Waals surface area contributed by atoms with Crippen molar-refractivity contribution in [3.05, 3.63) is 47.4 Å². The first-order chi connectivity index (χ1) is 14.0. The number of carbonyl (C=O) groups is 1. The highest BCUT2D eigenvalue weighted by molar-refractivity contribution is 6.10. The SMILES string of the molecule is CNCc1nc(NC)cc2c1CN(c1cccc(-c3nncn3C(C)C)n1)C2=O. The van der Waals surface area contributed by atoms with E-state index in [0.29, 0.717) is 41.8 Å². The minimum absolute atomic E-state index is 0.0776. The number of hydrogen-bond acceptors (Lipinski definition) is 7. The summed E-state index contributed by atoms with van der Waals surface area (Å²) in [6.45, 7) is 5.15. The molecule has 1 amide bonds. The molecule has 2 N–H and O–H groups in total. The Morgan fingerprint density at radius 3 is 2.76 bits per heavy atom. The van der Waals surface area contributed by atoms with Gasteiger partial charge >= 0.3 is 0 Å². The van der Waals surface area contributed by atoms with Gasteiger partial charge in [-0.05, 0) is 39.1 Å². The topological polar surface area (TPSA) is 101 Å². The molecule has 9 heteroatoms. The van der Waals surface area contributed by atoms with Crippen LogP contribution in [0.15, 0.2) is 30.6 Å². The Kier molecular flexibility index (Phi) is 4.98. The maximum absolute atomic E-state index is 13.2. The third kappa shape index (κ3) is 3.33. The highest BCUT2D eigenvalue weighted by atomic mass is 16.2. The van der Waals surface area contributed by atoms with Crippen LogP contribution in [0.3, 0.4) is 0 Å². The molecule has 0 radical (unpaired) electrons. The lowest BCUT2D eigenvalue weighted by Crippen LogP contribution is -2.24. The summed E-state index contributed by atoms with van der Waals surface area (Å²) in [7, 11) is 3.66. The second kappa shape index (κ2) is 7.59. The summed E-state index contributed by atoms with van der Waals surface area (Å²) < 4.78 is 1.96. The molecule has 0 unspecified atom stereocenters. The van der Waals surface area contributed by atoms with Crippen LogP contribution in [0.1, 0.15) is 41.5 Å². The van der Waals surface area contributed by atoms with Crippen molar-refractivity contribution in [1.82, 2.24) is 30.0 Å². The Bertz CT molecular complexity index is 1060. The lowest BCUT2D eigenvalue weighted by Gasteiger charge is -2.16. The van der Waals surface area contributed by atoms with Gasteiger partial charge < -0.3 is 15.2 Å². The number of carbonyl (C=O) groups excluding carboxylic acids is 1. The summed E-state index contributed by atoms with van der Waals surface area (Å²) in [6, 6.07) is 7.62. The Morgan fingerprint density at radius 1 is 1.21 bits per heavy atom. The van der Waals surface area contributed by atoms with Gasteiger partial charge in [-0.25, -0.2) is 9.97 Å². The molecule has 9 nitrogen and oxygen atoms in total. The van der Waals surface area contributed by atoms with Gasteiger partial charge in [0, 0.05) is 25.2 Å². The predicted molar refractivity (Wildman–Crippen MR) is 111 cm³/mol. The molecule has 4 heterocycles. The second-order valence-electron chi connectivity index (χ2n) is 7.19. The van der Waals surface area contributed by atoms with Crippen molar-refractivity contribution >= 4 is 17.5 Å². The van der Waals surface area contributed by atoms with Crippen LogP contribution in [-0.2, 0) is 13.1 Å². The third-order valence-corrected chi connectivity index (χ3v) is 4.97. The molecule has 0 saturated carbocycles. The summed E-state index contributed by atoms with van der Waals surface area (Å²) in [5.41, 5.74) is 3.14. The van der Waals surface area contributed by atoms with Crippen LogP contribution >= 0.6 is 0 Å². The number of amides is 1. The summed E-state index contributed by atoms with van der Waals surface area (Å²) in [6.07, 6.45) is 1.69. The van der Waals surface area contributed by atoms with Gasteiger partial charge in [-0.2, -0.15) is 0 Å². The molecule has 150 valence electrons. The highest BCUT2D eigenvalue weighted by Gasteiger charge is 2.32. The summed E-state index contributed by atoms with van der Waals surface area (Å²) in [5, 5.41) is 14.4. The van der Waals surface area contributed by atoms with Crippen LogP contribution in [0.5, 0.6) is 0 Å². The number of nitrogens with zero attached hydrogens (tertiary/aromatic N) is 6. The fourth-order valence-corrected chi connectivity index (χ4v) is 3.50. The van der Waals surface area contributed by atoms with E-state index >= 15 is 0 Å². The van der Waals surface area contributed by atoms with Gasteiger partial charge in [0.15, 0.2) is 5.82 Å². The van der Waals surface area contributed by atoms with E-state index in [2.05, 4.69) is 39.7 Å². The molecule has 0 aromatic carbocycles. The zero-order valence-corrected chi connectivity index (χ0v) is 17.0. The van der Waals surface area contributed by atoms with Crippen molar-refractivity contribution in [2.45, 2.75) is 33.0 Å². The smallest absolute Gasteiger partial charge is 0.260 e. The Morgan fingerprint density at radius 2 is 2.03 bits per heavy atom. The number of aromatic nitrogens is 5. The fraction of sp³-hybridized carbons (Fsp3) is 0.350. The zero-order valence-electron chi connectivity index (χ0n) is 17.0. The number of pyridine rings is 2. The Labute approximate surface area is 169 Å². The van der Waals surface area contributed by atoms with Crippen molar-refractivity contribution in [1.29, 1.82) is 0 Å². The van der Waals surface area contributed by atoms with Crippen LogP contribution in [0, 0.1) is 0 Å². The van der Waals surface area contributed by atoms with Crippen molar-refractivity contribution < 1.29 is 4.79 Å². The number of hydrogen-bond donors (Lipinski definition) is 2. The predicted octanol–water partition coefficient (Wildman–Crippen LogP) is 2.24. The number of anilines is 2. The van der Waals surface area contributed by atoms with E-state index in [0.717, 1.165) is 11.3 Å². The Balaban J connectivity index is 1.72. The largest absolute Gasteiger partial charge is 0.373 e. The molecule has 3 aromatic heterocycles. The van der Waals surface area contributed by atoms with Gasteiger partial charge in [0.2, 0.25) is 0 Å². The molecular formula is C20H24N8O. The number of fused-ring (bicyclic) bond motifs is 1. The standard InChI is InChI=1S/C20H24N8O/c1-12(2)28-11-23-26-19(28)15-6-5-7-18(25-15)27-10-14-13(20(27)29)8-17(22-4)24-16(14)9-21-3/h5-8,11-12,21H,9-10H2,1-4H3,(H,22,24). The van der Waals surface area contributed by atoms with Crippen molar-refractivity contribution in [3.8, 4) is 11.5 Å². The molecular weight excluding hydrogens is 368 g/mol. The second-order valence-corrected chi connectivity index (χ2v) is 7.19. The van der Waals surface area contributed by atoms with E-state index in [1.165, 1.54) is 0 Å². The molecule has 29 heavy (non-hydrogen) atoms. The summed E-state index contributed by atoms with van der Waals surface area (Å²) in [5.74, 6) is 1.87. The van der Waals surface area contributed by atoms with E-state index in [1.807, 2.05) is 29.8 Å². The van der Waals surface area contributed by atoms with Gasteiger partial charge in [-0.15, -0.1) is 10.2 Å². The highest BCUT2D eigenvalue weighted by Crippen LogP contribution is 2.31. The van der Waals surface area contributed by atoms with E-state index in [1.54, 1.807) is 24.3 Å². The molecule has 0 fully saturated rings. The van der Waals surface area contributed by atoms with E-state index in [9.17, 15) is 4.79 Å². The monoisotopic (exact) mass is 392 g/mol. The maximum Gasteiger partial charge on any atom is 0.260 e. The van der Waals surface area contributed by atoms with Gasteiger partial charge in [0.25, 0.3) is 5.91 Å². The molecule has 1 aliphatic rings. The van der Waals surface area contributed by atoms with Crippen molar-refractivity contribution in [2.24, 2.45) is 0 Å². The Hall–Kier alpha value is -3.33. The number of rotatable bonds is 6. The van der Waals surface area contributed by atoms with Crippen LogP contribution in [-0.4, -0.2) is 44.7 Å². The summed E-state index contributed by atoms with van der Waals surface area (Å²) >= 11 is 0. The summed E-state index contributed by atoms with van der Waals surface area (Å²) in [4.78, 5) is 24.2. The van der Waals surface area contributed by atoms with E-state index in [-0.39, 0.29) is 11.9 Å². The average molecular weight is 392 g/mol. The van der Waals surface area contributed by atoms with Crippen LogP contribution in [0.4, 0.5) is 11.6 Å². The minimum atomic E-state index is -0.0776. The van der Waals surface area contributed by atoms with Crippen LogP contribution in [0.25, 0.3) is 11.5 Å². The normalized spacial score (nSPS) is 13.3. The molecule has 4 rings (SSSR count). The van der Waals surface area contributed by atoms with E-state index in [4.69, 9.17) is 4.98 Å². The lowest BCUT2D eigenvalue weighted by atomic mass is 10.1. The molecule has 1 aliphatic heterocycles. The van der Waals surface area contributed by atoms with Crippen molar-refractivity contribution in [2.75, 3.05) is 24.3 Å². The molecule has 0 saturated heterocycles. The molecule has 0 spiro atoms. The van der Waals surface area contributed by atoms with Crippen LogP contribution in [0.2, 0.25) is 0 Å². The van der Waals surface area contributed by atoms with Crippen LogP contribution < -0.4 is 15.5 Å². The zero-order chi connectivity index (χ0) is 20.5. The molecule has 3 aromatic rings. The first-order valence-corrected chi connectivity index (χ1v) is 9.57. The molecule has 0 bridgehead atoms. The minimum Gasteiger partial charge on any atom is -0.373 e. The van der Waals surface area contributed by atoms with E-state index < -0.39 is 0 Å². The maximum atomic E-state index is 13.2. The number of nitrogens with one attached hydrogen (secondary N) is 2. The van der Waals surface area contributed by atoms with Gasteiger partial charge in [-0.3, -0.25) is 9.69 Å². The van der Waals surface area contributed by atoms with Gasteiger partial charge in [0.05, 0.1) is 17.8 Å². The molecule has 0 atom stereocenters. The van der Waals surface area contributed by atoms with Crippen molar-refractivity contribution in [3.63, 3.8) is 0 Å². The van der Waals surface area contributed by atoms with Gasteiger partial charge in [-0.1, -0.05) is 6.07 Å². The lowest BCUT2D eigenvalue weighted by molar-refractivity contribution is 0.0996. The molecule has 0 aliphatic carbocycles. The quantitative estimate of drug-likeness (QED) is 0.663. The first kappa shape index (κ1) is 19.0. The fourth-order valence-electron chi connectivity index (χ4n) is 3.50. The average Bonchev–Trinajstić information content (AvgIpc) is 3.34.